The van der Waals surface area contributed by atoms with Crippen LogP contribution in [0.3, 0.4) is 0 Å². The van der Waals surface area contributed by atoms with Crippen LogP contribution in [0.2, 0.25) is 0 Å². The van der Waals surface area contributed by atoms with Gasteiger partial charge in [-0.1, -0.05) is 23.8 Å². The molecule has 5 nitrogen and oxygen atoms in total. The first-order chi connectivity index (χ1) is 11.6. The predicted octanol–water partition coefficient (Wildman–Crippen LogP) is 3.06. The van der Waals surface area contributed by atoms with E-state index >= 15 is 0 Å². The van der Waals surface area contributed by atoms with Crippen LogP contribution < -0.4 is 9.47 Å². The largest absolute Gasteiger partial charge is 0.454 e. The van der Waals surface area contributed by atoms with Gasteiger partial charge < -0.3 is 9.47 Å². The molecule has 3 rings (SSSR count). The van der Waals surface area contributed by atoms with Crippen molar-refractivity contribution in [1.29, 1.82) is 0 Å². The molecule has 0 saturated carbocycles. The summed E-state index contributed by atoms with van der Waals surface area (Å²) in [6.07, 6.45) is -0.270. The fraction of sp³-hybridized carbons (Fsp3) is 0.294. The molecule has 0 unspecified atom stereocenters. The summed E-state index contributed by atoms with van der Waals surface area (Å²) in [5.74, 6) is 0.602. The standard InChI is InChI=1S/C17H18O5S/c1-12-3-6-15(7-4-12)23(18,19)22-13(2)9-14-5-8-16-17(10-14)21-11-20-16/h3-8,10,13H,9,11H2,1-2H3/t13-/m1/s1/i11D2. The first-order valence-corrected chi connectivity index (χ1v) is 8.56. The highest BCUT2D eigenvalue weighted by Gasteiger charge is 2.20. The summed E-state index contributed by atoms with van der Waals surface area (Å²) >= 11 is 0. The van der Waals surface area contributed by atoms with Gasteiger partial charge in [0.1, 0.15) is 2.74 Å². The molecule has 1 aliphatic heterocycles. The second-order valence-corrected chi connectivity index (χ2v) is 7.02. The quantitative estimate of drug-likeness (QED) is 0.785. The highest BCUT2D eigenvalue weighted by molar-refractivity contribution is 7.86. The number of hydrogen-bond donors (Lipinski definition) is 0. The molecule has 0 fully saturated rings. The lowest BCUT2D eigenvalue weighted by Crippen LogP contribution is -2.18. The molecule has 0 N–H and O–H groups in total. The van der Waals surface area contributed by atoms with E-state index in [1.807, 2.05) is 6.92 Å². The van der Waals surface area contributed by atoms with E-state index in [4.69, 9.17) is 16.4 Å². The van der Waals surface area contributed by atoms with Crippen LogP contribution in [-0.2, 0) is 20.7 Å². The van der Waals surface area contributed by atoms with Crippen LogP contribution in [0, 0.1) is 6.92 Å². The van der Waals surface area contributed by atoms with Crippen molar-refractivity contribution in [3.63, 3.8) is 0 Å². The van der Waals surface area contributed by atoms with E-state index in [0.717, 1.165) is 11.1 Å². The topological polar surface area (TPSA) is 61.8 Å². The lowest BCUT2D eigenvalue weighted by atomic mass is 10.1. The molecule has 0 aliphatic carbocycles. The fourth-order valence-corrected chi connectivity index (χ4v) is 3.38. The molecule has 6 heteroatoms. The van der Waals surface area contributed by atoms with Crippen molar-refractivity contribution in [2.75, 3.05) is 6.75 Å². The Balaban J connectivity index is 1.69. The Hall–Kier alpha value is -2.05. The van der Waals surface area contributed by atoms with Gasteiger partial charge in [-0.05, 0) is 50.1 Å². The van der Waals surface area contributed by atoms with E-state index in [1.165, 1.54) is 12.1 Å². The summed E-state index contributed by atoms with van der Waals surface area (Å²) in [4.78, 5) is 0.115. The molecule has 0 bridgehead atoms. The van der Waals surface area contributed by atoms with Crippen LogP contribution in [0.5, 0.6) is 11.5 Å². The Bertz CT molecular complexity index is 878. The van der Waals surface area contributed by atoms with Gasteiger partial charge in [0, 0.05) is 0 Å². The number of ether oxygens (including phenoxy) is 2. The maximum Gasteiger partial charge on any atom is 0.297 e. The number of hydrogen-bond acceptors (Lipinski definition) is 5. The second-order valence-electron chi connectivity index (χ2n) is 5.45. The fourth-order valence-electron chi connectivity index (χ4n) is 2.30. The minimum absolute atomic E-state index is 0.115. The Morgan fingerprint density at radius 2 is 1.87 bits per heavy atom. The maximum atomic E-state index is 12.3. The van der Waals surface area contributed by atoms with Gasteiger partial charge in [0.15, 0.2) is 11.5 Å². The smallest absolute Gasteiger partial charge is 0.297 e. The zero-order valence-corrected chi connectivity index (χ0v) is 13.6. The van der Waals surface area contributed by atoms with Crippen molar-refractivity contribution in [3.8, 4) is 11.5 Å². The van der Waals surface area contributed by atoms with Crippen LogP contribution in [0.25, 0.3) is 0 Å². The molecular weight excluding hydrogens is 316 g/mol. The van der Waals surface area contributed by atoms with Gasteiger partial charge >= 0.3 is 0 Å². The summed E-state index contributed by atoms with van der Waals surface area (Å²) in [6, 6.07) is 11.4. The van der Waals surface area contributed by atoms with Gasteiger partial charge in [-0.2, -0.15) is 8.42 Å². The molecule has 1 atom stereocenters. The number of benzene rings is 2. The minimum Gasteiger partial charge on any atom is -0.454 e. The van der Waals surface area contributed by atoms with Crippen LogP contribution in [0.15, 0.2) is 47.4 Å². The van der Waals surface area contributed by atoms with Gasteiger partial charge in [-0.15, -0.1) is 0 Å². The van der Waals surface area contributed by atoms with Crippen LogP contribution in [0.4, 0.5) is 0 Å². The van der Waals surface area contributed by atoms with E-state index < -0.39 is 23.0 Å². The van der Waals surface area contributed by atoms with Crippen molar-refractivity contribution in [3.05, 3.63) is 53.6 Å². The van der Waals surface area contributed by atoms with Crippen LogP contribution >= 0.6 is 0 Å². The molecule has 122 valence electrons. The van der Waals surface area contributed by atoms with E-state index in [9.17, 15) is 8.42 Å². The highest BCUT2D eigenvalue weighted by Crippen LogP contribution is 2.33. The summed E-state index contributed by atoms with van der Waals surface area (Å²) in [5, 5.41) is 0. The third kappa shape index (κ3) is 3.65. The van der Waals surface area contributed by atoms with Crippen molar-refractivity contribution in [2.45, 2.75) is 31.3 Å². The summed E-state index contributed by atoms with van der Waals surface area (Å²) in [6.45, 7) is 1.36. The third-order valence-electron chi connectivity index (χ3n) is 3.44. The van der Waals surface area contributed by atoms with Gasteiger partial charge in [-0.3, -0.25) is 4.18 Å². The second kappa shape index (κ2) is 6.22. The van der Waals surface area contributed by atoms with Gasteiger partial charge in [0.05, 0.1) is 11.0 Å². The molecule has 0 saturated heterocycles. The third-order valence-corrected chi connectivity index (χ3v) is 4.87. The summed E-state index contributed by atoms with van der Waals surface area (Å²) < 4.78 is 54.8. The minimum atomic E-state index is -3.84. The molecule has 1 heterocycles. The van der Waals surface area contributed by atoms with E-state index in [0.29, 0.717) is 12.2 Å². The van der Waals surface area contributed by atoms with Crippen molar-refractivity contribution in [1.82, 2.24) is 0 Å². The highest BCUT2D eigenvalue weighted by atomic mass is 32.2. The molecule has 0 aromatic heterocycles. The van der Waals surface area contributed by atoms with Gasteiger partial charge in [-0.25, -0.2) is 0 Å². The average molecular weight is 336 g/mol. The Morgan fingerprint density at radius 1 is 1.17 bits per heavy atom. The Kier molecular flexibility index (Phi) is 3.62. The Morgan fingerprint density at radius 3 is 2.61 bits per heavy atom. The molecular formula is C17H18O5S. The summed E-state index contributed by atoms with van der Waals surface area (Å²) in [5.41, 5.74) is 1.72. The normalized spacial score (nSPS) is 18.2. The maximum absolute atomic E-state index is 12.3. The summed E-state index contributed by atoms with van der Waals surface area (Å²) in [7, 11) is -3.84. The molecule has 23 heavy (non-hydrogen) atoms. The zero-order valence-electron chi connectivity index (χ0n) is 14.8. The van der Waals surface area contributed by atoms with E-state index in [1.54, 1.807) is 37.3 Å². The number of aryl methyl sites for hydroxylation is 1. The van der Waals surface area contributed by atoms with E-state index in [2.05, 4.69) is 0 Å². The number of rotatable bonds is 5. The monoisotopic (exact) mass is 336 g/mol. The molecule has 0 radical (unpaired) electrons. The van der Waals surface area contributed by atoms with Crippen molar-refractivity contribution >= 4 is 10.1 Å². The van der Waals surface area contributed by atoms with Crippen LogP contribution in [-0.4, -0.2) is 21.3 Å². The van der Waals surface area contributed by atoms with Crippen molar-refractivity contribution < 1.29 is 24.8 Å². The first kappa shape index (κ1) is 13.4. The molecule has 0 amide bonds. The molecule has 0 spiro atoms. The SMILES string of the molecule is [2H]C1([2H])Oc2ccc(C[C@@H](C)OS(=O)(=O)c3ccc(C)cc3)cc2O1. The van der Waals surface area contributed by atoms with E-state index in [-0.39, 0.29) is 10.6 Å². The van der Waals surface area contributed by atoms with Gasteiger partial charge in [0.2, 0.25) is 6.75 Å². The predicted molar refractivity (Wildman–Crippen MR) is 85.2 cm³/mol. The number of fused-ring (bicyclic) bond motifs is 1. The lowest BCUT2D eigenvalue weighted by molar-refractivity contribution is 0.174. The van der Waals surface area contributed by atoms with Crippen molar-refractivity contribution in [2.24, 2.45) is 0 Å². The molecule has 2 aromatic carbocycles. The zero-order chi connectivity index (χ0) is 18.2. The molecule has 2 aromatic rings. The van der Waals surface area contributed by atoms with Crippen LogP contribution in [0.1, 0.15) is 20.8 Å². The molecule has 1 aliphatic rings. The van der Waals surface area contributed by atoms with Gasteiger partial charge in [0.25, 0.3) is 10.1 Å². The Labute approximate surface area is 138 Å². The average Bonchev–Trinajstić information content (AvgIpc) is 2.80. The lowest BCUT2D eigenvalue weighted by Gasteiger charge is -2.13. The first-order valence-electron chi connectivity index (χ1n) is 8.15.